The van der Waals surface area contributed by atoms with Gasteiger partial charge < -0.3 is 23.7 Å². The van der Waals surface area contributed by atoms with Crippen LogP contribution in [0, 0.1) is 0 Å². The Labute approximate surface area is 204 Å². The maximum Gasteiger partial charge on any atom is 0.305 e. The van der Waals surface area contributed by atoms with Crippen molar-refractivity contribution in [2.75, 3.05) is 66.1 Å². The Bertz CT molecular complexity index is 710. The van der Waals surface area contributed by atoms with Crippen molar-refractivity contribution >= 4 is 16.1 Å². The van der Waals surface area contributed by atoms with Crippen LogP contribution in [0.1, 0.15) is 45.4 Å². The van der Waals surface area contributed by atoms with Gasteiger partial charge in [0.15, 0.2) is 0 Å². The first-order valence-electron chi connectivity index (χ1n) is 12.0. The molecule has 1 aromatic rings. The number of esters is 1. The van der Waals surface area contributed by atoms with E-state index in [4.69, 9.17) is 27.9 Å². The maximum atomic E-state index is 11.9. The summed E-state index contributed by atoms with van der Waals surface area (Å²) in [5.41, 5.74) is 0. The molecule has 0 saturated heterocycles. The number of hydrogen-bond donors (Lipinski definition) is 0. The Hall–Kier alpha value is -1.56. The van der Waals surface area contributed by atoms with Crippen molar-refractivity contribution in [2.24, 2.45) is 0 Å². The third-order valence-corrected chi connectivity index (χ3v) is 5.92. The molecule has 0 heterocycles. The fourth-order valence-electron chi connectivity index (χ4n) is 2.78. The highest BCUT2D eigenvalue weighted by atomic mass is 32.2. The van der Waals surface area contributed by atoms with Gasteiger partial charge in [0.05, 0.1) is 64.4 Å². The van der Waals surface area contributed by atoms with Crippen LogP contribution in [0.5, 0.6) is 0 Å². The molecule has 196 valence electrons. The van der Waals surface area contributed by atoms with E-state index in [1.165, 1.54) is 31.4 Å². The summed E-state index contributed by atoms with van der Waals surface area (Å²) in [5, 5.41) is 0. The molecular weight excluding hydrogens is 464 g/mol. The molecule has 34 heavy (non-hydrogen) atoms. The second kappa shape index (κ2) is 20.8. The molecular formula is C24H40O9S. The molecule has 0 N–H and O–H groups in total. The van der Waals surface area contributed by atoms with Gasteiger partial charge in [-0.25, -0.2) is 0 Å². The number of benzene rings is 1. The van der Waals surface area contributed by atoms with Gasteiger partial charge in [-0.3, -0.25) is 8.98 Å². The van der Waals surface area contributed by atoms with Crippen molar-refractivity contribution in [2.45, 2.75) is 50.3 Å². The zero-order valence-electron chi connectivity index (χ0n) is 20.3. The van der Waals surface area contributed by atoms with Gasteiger partial charge in [-0.05, 0) is 18.6 Å². The minimum atomic E-state index is -3.75. The normalized spacial score (nSPS) is 11.6. The SMILES string of the molecule is CCCCCCCC(=O)OCCOCCOCCOCCOCCOS(=O)(=O)c1ccccc1. The number of ether oxygens (including phenoxy) is 5. The van der Waals surface area contributed by atoms with Crippen LogP contribution in [0.3, 0.4) is 0 Å². The van der Waals surface area contributed by atoms with Crippen LogP contribution in [0.4, 0.5) is 0 Å². The van der Waals surface area contributed by atoms with E-state index in [9.17, 15) is 13.2 Å². The zero-order chi connectivity index (χ0) is 24.7. The smallest absolute Gasteiger partial charge is 0.305 e. The van der Waals surface area contributed by atoms with Crippen molar-refractivity contribution < 1.29 is 41.1 Å². The molecule has 10 heteroatoms. The highest BCUT2D eigenvalue weighted by Crippen LogP contribution is 2.10. The largest absolute Gasteiger partial charge is 0.463 e. The predicted molar refractivity (Wildman–Crippen MR) is 127 cm³/mol. The molecule has 0 aliphatic carbocycles. The van der Waals surface area contributed by atoms with Crippen molar-refractivity contribution in [1.82, 2.24) is 0 Å². The average molecular weight is 505 g/mol. The summed E-state index contributed by atoms with van der Waals surface area (Å²) in [6.45, 7) is 5.27. The number of carbonyl (C=O) groups is 1. The lowest BCUT2D eigenvalue weighted by Crippen LogP contribution is -2.15. The first-order valence-corrected chi connectivity index (χ1v) is 13.4. The van der Waals surface area contributed by atoms with Crippen molar-refractivity contribution in [3.63, 3.8) is 0 Å². The number of unbranched alkanes of at least 4 members (excludes halogenated alkanes) is 4. The molecule has 0 aliphatic rings. The molecule has 0 amide bonds. The average Bonchev–Trinajstić information content (AvgIpc) is 2.84. The number of hydrogen-bond acceptors (Lipinski definition) is 9. The van der Waals surface area contributed by atoms with Crippen LogP contribution >= 0.6 is 0 Å². The van der Waals surface area contributed by atoms with Gasteiger partial charge in [0.2, 0.25) is 0 Å². The second-order valence-corrected chi connectivity index (χ2v) is 9.04. The van der Waals surface area contributed by atoms with E-state index in [-0.39, 0.29) is 30.7 Å². The van der Waals surface area contributed by atoms with Gasteiger partial charge >= 0.3 is 5.97 Å². The Kier molecular flexibility index (Phi) is 18.6. The van der Waals surface area contributed by atoms with Gasteiger partial charge in [-0.1, -0.05) is 50.8 Å². The van der Waals surface area contributed by atoms with E-state index in [0.717, 1.165) is 12.8 Å². The van der Waals surface area contributed by atoms with Gasteiger partial charge in [-0.15, -0.1) is 0 Å². The summed E-state index contributed by atoms with van der Waals surface area (Å²) in [4.78, 5) is 11.7. The lowest BCUT2D eigenvalue weighted by atomic mass is 10.1. The fraction of sp³-hybridized carbons (Fsp3) is 0.708. The quantitative estimate of drug-likeness (QED) is 0.126. The van der Waals surface area contributed by atoms with Crippen LogP contribution in [-0.4, -0.2) is 80.5 Å². The predicted octanol–water partition coefficient (Wildman–Crippen LogP) is 3.36. The third-order valence-electron chi connectivity index (χ3n) is 4.59. The molecule has 1 rings (SSSR count). The Morgan fingerprint density at radius 1 is 0.676 bits per heavy atom. The molecule has 0 spiro atoms. The van der Waals surface area contributed by atoms with Crippen molar-refractivity contribution in [3.05, 3.63) is 30.3 Å². The minimum absolute atomic E-state index is 0.0570. The standard InChI is InChI=1S/C24H40O9S/c1-2-3-4-5-9-12-24(25)32-21-19-30-17-15-28-13-14-29-16-18-31-20-22-33-34(26,27)23-10-7-6-8-11-23/h6-8,10-11H,2-5,9,12-22H2,1H3. The van der Waals surface area contributed by atoms with E-state index in [1.54, 1.807) is 18.2 Å². The van der Waals surface area contributed by atoms with Crippen LogP contribution < -0.4 is 0 Å². The molecule has 0 bridgehead atoms. The molecule has 0 fully saturated rings. The van der Waals surface area contributed by atoms with Gasteiger partial charge in [-0.2, -0.15) is 8.42 Å². The van der Waals surface area contributed by atoms with E-state index in [0.29, 0.717) is 52.7 Å². The summed E-state index contributed by atoms with van der Waals surface area (Å²) in [6, 6.07) is 7.97. The topological polar surface area (TPSA) is 107 Å². The summed E-state index contributed by atoms with van der Waals surface area (Å²) >= 11 is 0. The third kappa shape index (κ3) is 17.0. The van der Waals surface area contributed by atoms with Crippen molar-refractivity contribution in [3.8, 4) is 0 Å². The number of carbonyl (C=O) groups excluding carboxylic acids is 1. The van der Waals surface area contributed by atoms with E-state index in [2.05, 4.69) is 6.92 Å². The molecule has 0 unspecified atom stereocenters. The molecule has 0 atom stereocenters. The first-order chi connectivity index (χ1) is 16.6. The highest BCUT2D eigenvalue weighted by Gasteiger charge is 2.13. The van der Waals surface area contributed by atoms with E-state index >= 15 is 0 Å². The first kappa shape index (κ1) is 30.5. The fourth-order valence-corrected chi connectivity index (χ4v) is 3.69. The zero-order valence-corrected chi connectivity index (χ0v) is 21.1. The lowest BCUT2D eigenvalue weighted by molar-refractivity contribution is -0.145. The molecule has 1 aromatic carbocycles. The Morgan fingerprint density at radius 2 is 1.18 bits per heavy atom. The number of rotatable bonds is 23. The van der Waals surface area contributed by atoms with Gasteiger partial charge in [0, 0.05) is 6.42 Å². The summed E-state index contributed by atoms with van der Waals surface area (Å²) < 4.78 is 55.3. The molecule has 0 saturated carbocycles. The second-order valence-electron chi connectivity index (χ2n) is 7.42. The van der Waals surface area contributed by atoms with Crippen molar-refractivity contribution in [1.29, 1.82) is 0 Å². The molecule has 9 nitrogen and oxygen atoms in total. The van der Waals surface area contributed by atoms with Crippen LogP contribution in [-0.2, 0) is 42.8 Å². The summed E-state index contributed by atoms with van der Waals surface area (Å²) in [5.74, 6) is -0.165. The lowest BCUT2D eigenvalue weighted by Gasteiger charge is -2.08. The van der Waals surface area contributed by atoms with E-state index in [1.807, 2.05) is 0 Å². The van der Waals surface area contributed by atoms with E-state index < -0.39 is 10.1 Å². The van der Waals surface area contributed by atoms with Gasteiger partial charge in [0.1, 0.15) is 6.61 Å². The monoisotopic (exact) mass is 504 g/mol. The molecule has 0 radical (unpaired) electrons. The van der Waals surface area contributed by atoms with Crippen LogP contribution in [0.15, 0.2) is 35.2 Å². The van der Waals surface area contributed by atoms with Gasteiger partial charge in [0.25, 0.3) is 10.1 Å². The molecule has 0 aliphatic heterocycles. The van der Waals surface area contributed by atoms with Crippen LogP contribution in [0.25, 0.3) is 0 Å². The van der Waals surface area contributed by atoms with Crippen LogP contribution in [0.2, 0.25) is 0 Å². The highest BCUT2D eigenvalue weighted by molar-refractivity contribution is 7.86. The minimum Gasteiger partial charge on any atom is -0.463 e. The Balaban J connectivity index is 1.79. The summed E-state index contributed by atoms with van der Waals surface area (Å²) in [7, 11) is -3.75. The Morgan fingerprint density at radius 3 is 1.74 bits per heavy atom. The maximum absolute atomic E-state index is 11.9. The summed E-state index contributed by atoms with van der Waals surface area (Å²) in [6.07, 6.45) is 6.01. The molecule has 0 aromatic heterocycles.